The molecule has 2 heterocycles. The molecule has 0 aliphatic rings. The second kappa shape index (κ2) is 12.6. The van der Waals surface area contributed by atoms with Crippen LogP contribution < -0.4 is 5.56 Å². The molecule has 1 N–H and O–H groups in total. The van der Waals surface area contributed by atoms with Gasteiger partial charge in [0.15, 0.2) is 4.90 Å². The Balaban J connectivity index is 1.89. The molecule has 10 nitrogen and oxygen atoms in total. The number of ether oxygens (including phenoxy) is 2. The topological polar surface area (TPSA) is 144 Å². The van der Waals surface area contributed by atoms with Gasteiger partial charge < -0.3 is 14.6 Å². The summed E-state index contributed by atoms with van der Waals surface area (Å²) in [7, 11) is -3.17. The number of halogens is 1. The van der Waals surface area contributed by atoms with Crippen molar-refractivity contribution in [2.24, 2.45) is 0 Å². The van der Waals surface area contributed by atoms with Crippen molar-refractivity contribution in [2.45, 2.75) is 49.3 Å². The number of pyridine rings is 1. The quantitative estimate of drug-likeness (QED) is 0.266. The van der Waals surface area contributed by atoms with Crippen LogP contribution in [0.15, 0.2) is 75.2 Å². The van der Waals surface area contributed by atoms with E-state index in [1.807, 2.05) is 6.07 Å². The molecule has 0 fully saturated rings. The Bertz CT molecular complexity index is 1820. The van der Waals surface area contributed by atoms with E-state index in [-0.39, 0.29) is 30.0 Å². The second-order valence-electron chi connectivity index (χ2n) is 9.72. The van der Waals surface area contributed by atoms with Gasteiger partial charge in [-0.1, -0.05) is 24.3 Å². The number of hydrogen-bond acceptors (Lipinski definition) is 9. The predicted octanol–water partition coefficient (Wildman–Crippen LogP) is 4.32. The smallest absolute Gasteiger partial charge is 0.277 e. The lowest BCUT2D eigenvalue weighted by molar-refractivity contribution is 0.0557. The Morgan fingerprint density at radius 2 is 1.81 bits per heavy atom. The zero-order chi connectivity index (χ0) is 30.6. The van der Waals surface area contributed by atoms with E-state index >= 15 is 0 Å². The molecular formula is C30H29FN4O6S. The van der Waals surface area contributed by atoms with Gasteiger partial charge in [0.1, 0.15) is 12.4 Å². The average Bonchev–Trinajstić information content (AvgIpc) is 2.95. The van der Waals surface area contributed by atoms with Gasteiger partial charge in [0, 0.05) is 18.4 Å². The van der Waals surface area contributed by atoms with Crippen LogP contribution in [0.1, 0.15) is 42.5 Å². The van der Waals surface area contributed by atoms with Crippen LogP contribution in [-0.4, -0.2) is 47.9 Å². The van der Waals surface area contributed by atoms with Crippen LogP contribution in [0, 0.1) is 24.2 Å². The highest BCUT2D eigenvalue weighted by atomic mass is 32.2. The lowest BCUT2D eigenvalue weighted by Gasteiger charge is -2.24. The van der Waals surface area contributed by atoms with E-state index in [0.29, 0.717) is 27.9 Å². The van der Waals surface area contributed by atoms with Crippen molar-refractivity contribution in [3.63, 3.8) is 0 Å². The van der Waals surface area contributed by atoms with Gasteiger partial charge in [-0.25, -0.2) is 13.4 Å². The molecule has 1 unspecified atom stereocenters. The molecule has 12 heteroatoms. The molecule has 1 atom stereocenters. The van der Waals surface area contributed by atoms with Crippen LogP contribution >= 0.6 is 0 Å². The van der Waals surface area contributed by atoms with Crippen molar-refractivity contribution in [3.05, 3.63) is 99.6 Å². The number of sulfone groups is 1. The molecule has 0 aliphatic heterocycles. The third-order valence-corrected chi connectivity index (χ3v) is 8.30. The number of aromatic hydroxyl groups is 1. The summed E-state index contributed by atoms with van der Waals surface area (Å²) in [6.07, 6.45) is -0.262. The number of nitrogens with zero attached hydrogens (tertiary/aromatic N) is 4. The van der Waals surface area contributed by atoms with Crippen molar-refractivity contribution in [1.29, 1.82) is 5.26 Å². The first-order chi connectivity index (χ1) is 20.0. The minimum atomic E-state index is -4.59. The maximum absolute atomic E-state index is 14.0. The van der Waals surface area contributed by atoms with Crippen LogP contribution in [0.4, 0.5) is 4.39 Å². The third kappa shape index (κ3) is 6.23. The van der Waals surface area contributed by atoms with E-state index in [0.717, 1.165) is 4.57 Å². The molecule has 0 radical (unpaired) electrons. The van der Waals surface area contributed by atoms with Gasteiger partial charge in [-0.3, -0.25) is 9.36 Å². The first-order valence-electron chi connectivity index (χ1n) is 12.9. The van der Waals surface area contributed by atoms with Gasteiger partial charge >= 0.3 is 0 Å². The first-order valence-corrected chi connectivity index (χ1v) is 14.4. The molecule has 42 heavy (non-hydrogen) atoms. The maximum Gasteiger partial charge on any atom is 0.277 e. The van der Waals surface area contributed by atoms with E-state index in [1.165, 1.54) is 43.5 Å². The number of methoxy groups -OCH3 is 1. The number of nitriles is 1. The van der Waals surface area contributed by atoms with Crippen LogP contribution in [0.2, 0.25) is 0 Å². The predicted molar refractivity (Wildman–Crippen MR) is 151 cm³/mol. The van der Waals surface area contributed by atoms with Gasteiger partial charge in [-0.05, 0) is 68.3 Å². The molecule has 0 saturated heterocycles. The molecule has 4 aromatic rings. The van der Waals surface area contributed by atoms with E-state index in [4.69, 9.17) is 9.47 Å². The fraction of sp³-hybridized carbons (Fsp3) is 0.267. The molecule has 2 aromatic heterocycles. The van der Waals surface area contributed by atoms with Gasteiger partial charge in [0.2, 0.25) is 21.7 Å². The fourth-order valence-corrected chi connectivity index (χ4v) is 5.85. The zero-order valence-electron chi connectivity index (χ0n) is 23.4. The standard InChI is InChI=1S/C30H29FN4O6S/c1-18(2)41-17-27-34-29(36)28(30(37)35(27)25(16-40-4)22-7-5-6-20(14-22)15-32)42(38,39)23-10-8-21(9-11-23)24-12-13-26(31)33-19(24)3/h5-14,18,25,36H,16-17H2,1-4H3. The minimum absolute atomic E-state index is 0.0239. The minimum Gasteiger partial charge on any atom is -0.492 e. The number of rotatable bonds is 10. The molecular weight excluding hydrogens is 563 g/mol. The summed E-state index contributed by atoms with van der Waals surface area (Å²) >= 11 is 0. The summed E-state index contributed by atoms with van der Waals surface area (Å²) in [6, 6.07) is 15.9. The summed E-state index contributed by atoms with van der Waals surface area (Å²) in [5.74, 6) is -1.63. The van der Waals surface area contributed by atoms with E-state index < -0.39 is 38.2 Å². The van der Waals surface area contributed by atoms with Gasteiger partial charge in [-0.15, -0.1) is 0 Å². The third-order valence-electron chi connectivity index (χ3n) is 6.51. The van der Waals surface area contributed by atoms with E-state index in [1.54, 1.807) is 45.0 Å². The number of benzene rings is 2. The second-order valence-corrected chi connectivity index (χ2v) is 11.6. The van der Waals surface area contributed by atoms with Gasteiger partial charge in [0.25, 0.3) is 5.56 Å². The van der Waals surface area contributed by atoms with Crippen molar-refractivity contribution >= 4 is 9.84 Å². The molecule has 0 aliphatic carbocycles. The first kappa shape index (κ1) is 30.5. The molecule has 0 amide bonds. The van der Waals surface area contributed by atoms with Crippen molar-refractivity contribution in [2.75, 3.05) is 13.7 Å². The Labute approximate surface area is 242 Å². The van der Waals surface area contributed by atoms with Crippen LogP contribution in [-0.2, 0) is 25.9 Å². The average molecular weight is 593 g/mol. The van der Waals surface area contributed by atoms with E-state index in [2.05, 4.69) is 9.97 Å². The number of aryl methyl sites for hydroxylation is 1. The highest BCUT2D eigenvalue weighted by Crippen LogP contribution is 2.30. The Hall–Kier alpha value is -4.44. The highest BCUT2D eigenvalue weighted by molar-refractivity contribution is 7.91. The molecule has 0 bridgehead atoms. The number of aromatic nitrogens is 3. The zero-order valence-corrected chi connectivity index (χ0v) is 24.2. The van der Waals surface area contributed by atoms with Crippen LogP contribution in [0.25, 0.3) is 11.1 Å². The highest BCUT2D eigenvalue weighted by Gasteiger charge is 2.32. The van der Waals surface area contributed by atoms with Gasteiger partial charge in [0.05, 0.1) is 35.3 Å². The summed E-state index contributed by atoms with van der Waals surface area (Å²) in [5.41, 5.74) is 1.39. The van der Waals surface area contributed by atoms with Crippen LogP contribution in [0.3, 0.4) is 0 Å². The summed E-state index contributed by atoms with van der Waals surface area (Å²) in [4.78, 5) is 20.8. The molecule has 218 valence electrons. The summed E-state index contributed by atoms with van der Waals surface area (Å²) in [6.45, 7) is 4.89. The lowest BCUT2D eigenvalue weighted by Crippen LogP contribution is -2.35. The molecule has 4 rings (SSSR count). The lowest BCUT2D eigenvalue weighted by atomic mass is 10.0. The van der Waals surface area contributed by atoms with Crippen molar-refractivity contribution in [1.82, 2.24) is 14.5 Å². The SMILES string of the molecule is COCC(c1cccc(C#N)c1)n1c(COC(C)C)nc(O)c(S(=O)(=O)c2ccc(-c3ccc(F)nc3C)cc2)c1=O. The fourth-order valence-electron chi connectivity index (χ4n) is 4.51. The number of hydrogen-bond donors (Lipinski definition) is 1. The Morgan fingerprint density at radius 1 is 1.10 bits per heavy atom. The Morgan fingerprint density at radius 3 is 2.43 bits per heavy atom. The Kier molecular flexibility index (Phi) is 9.16. The van der Waals surface area contributed by atoms with Crippen LogP contribution in [0.5, 0.6) is 5.88 Å². The van der Waals surface area contributed by atoms with Crippen molar-refractivity contribution in [3.8, 4) is 23.1 Å². The van der Waals surface area contributed by atoms with Gasteiger partial charge in [-0.2, -0.15) is 14.6 Å². The van der Waals surface area contributed by atoms with Crippen molar-refractivity contribution < 1.29 is 27.4 Å². The van der Waals surface area contributed by atoms with E-state index in [9.17, 15) is 28.0 Å². The normalized spacial score (nSPS) is 12.3. The molecule has 2 aromatic carbocycles. The maximum atomic E-state index is 14.0. The summed E-state index contributed by atoms with van der Waals surface area (Å²) < 4.78 is 53.2. The summed E-state index contributed by atoms with van der Waals surface area (Å²) in [5, 5.41) is 20.3. The molecule has 0 spiro atoms. The monoisotopic (exact) mass is 592 g/mol. The molecule has 0 saturated carbocycles. The largest absolute Gasteiger partial charge is 0.492 e.